The molecule has 2 rings (SSSR count). The van der Waals surface area contributed by atoms with Crippen LogP contribution in [0.5, 0.6) is 0 Å². The highest BCUT2D eigenvalue weighted by Crippen LogP contribution is 2.21. The normalized spacial score (nSPS) is 19.8. The molecule has 22 heavy (non-hydrogen) atoms. The van der Waals surface area contributed by atoms with E-state index in [2.05, 4.69) is 0 Å². The lowest BCUT2D eigenvalue weighted by atomic mass is 10.1. The standard InChI is InChI=1S/C15H18O5.C2H6/c1-10-3-5-12(6-4-10)15(17)18-9-13-7-8-14(20-13)19-11(2)16;1-2/h3-6,13-14H,7-9H2,1-2H3;1-2H3. The van der Waals surface area contributed by atoms with Gasteiger partial charge in [-0.1, -0.05) is 31.5 Å². The van der Waals surface area contributed by atoms with Gasteiger partial charge in [0.25, 0.3) is 0 Å². The van der Waals surface area contributed by atoms with Crippen LogP contribution < -0.4 is 0 Å². The molecule has 122 valence electrons. The molecule has 0 spiro atoms. The Morgan fingerprint density at radius 2 is 1.82 bits per heavy atom. The molecule has 1 saturated heterocycles. The van der Waals surface area contributed by atoms with Gasteiger partial charge in [0.05, 0.1) is 11.7 Å². The lowest BCUT2D eigenvalue weighted by Gasteiger charge is -2.13. The number of hydrogen-bond acceptors (Lipinski definition) is 5. The van der Waals surface area contributed by atoms with E-state index in [0.717, 1.165) is 5.56 Å². The molecule has 0 aromatic heterocycles. The Kier molecular flexibility index (Phi) is 7.60. The second-order valence-corrected chi connectivity index (χ2v) is 4.84. The van der Waals surface area contributed by atoms with Crippen molar-refractivity contribution in [2.45, 2.75) is 52.9 Å². The number of rotatable bonds is 4. The smallest absolute Gasteiger partial charge is 0.338 e. The fourth-order valence-electron chi connectivity index (χ4n) is 2.01. The lowest BCUT2D eigenvalue weighted by Crippen LogP contribution is -2.21. The fourth-order valence-corrected chi connectivity index (χ4v) is 2.01. The van der Waals surface area contributed by atoms with Crippen molar-refractivity contribution in [3.8, 4) is 0 Å². The van der Waals surface area contributed by atoms with Crippen LogP contribution in [0.4, 0.5) is 0 Å². The third-order valence-electron chi connectivity index (χ3n) is 3.05. The summed E-state index contributed by atoms with van der Waals surface area (Å²) in [6.45, 7) is 7.47. The maximum Gasteiger partial charge on any atom is 0.338 e. The summed E-state index contributed by atoms with van der Waals surface area (Å²) in [4.78, 5) is 22.6. The monoisotopic (exact) mass is 308 g/mol. The van der Waals surface area contributed by atoms with E-state index in [4.69, 9.17) is 14.2 Å². The molecule has 0 radical (unpaired) electrons. The van der Waals surface area contributed by atoms with E-state index in [0.29, 0.717) is 18.4 Å². The highest BCUT2D eigenvalue weighted by Gasteiger charge is 2.28. The Hall–Kier alpha value is -1.88. The molecule has 1 fully saturated rings. The average molecular weight is 308 g/mol. The Morgan fingerprint density at radius 1 is 1.18 bits per heavy atom. The number of ether oxygens (including phenoxy) is 3. The van der Waals surface area contributed by atoms with Gasteiger partial charge in [0.1, 0.15) is 6.61 Å². The van der Waals surface area contributed by atoms with E-state index < -0.39 is 6.29 Å². The van der Waals surface area contributed by atoms with E-state index in [1.54, 1.807) is 12.1 Å². The molecule has 1 heterocycles. The first-order valence-electron chi connectivity index (χ1n) is 7.61. The first-order chi connectivity index (χ1) is 10.5. The van der Waals surface area contributed by atoms with Crippen molar-refractivity contribution in [1.29, 1.82) is 0 Å². The van der Waals surface area contributed by atoms with Gasteiger partial charge >= 0.3 is 11.9 Å². The van der Waals surface area contributed by atoms with Crippen molar-refractivity contribution < 1.29 is 23.8 Å². The minimum absolute atomic E-state index is 0.171. The van der Waals surface area contributed by atoms with Gasteiger partial charge in [-0.3, -0.25) is 4.79 Å². The third-order valence-corrected chi connectivity index (χ3v) is 3.05. The predicted octanol–water partition coefficient (Wildman–Crippen LogP) is 3.25. The van der Waals surface area contributed by atoms with Crippen LogP contribution in [0.2, 0.25) is 0 Å². The van der Waals surface area contributed by atoms with E-state index in [1.165, 1.54) is 6.92 Å². The van der Waals surface area contributed by atoms with Crippen molar-refractivity contribution in [1.82, 2.24) is 0 Å². The summed E-state index contributed by atoms with van der Waals surface area (Å²) >= 11 is 0. The summed E-state index contributed by atoms with van der Waals surface area (Å²) in [6.07, 6.45) is 0.607. The first-order valence-corrected chi connectivity index (χ1v) is 7.61. The average Bonchev–Trinajstić information content (AvgIpc) is 2.94. The van der Waals surface area contributed by atoms with E-state index in [9.17, 15) is 9.59 Å². The van der Waals surface area contributed by atoms with Crippen LogP contribution in [0, 0.1) is 6.92 Å². The topological polar surface area (TPSA) is 61.8 Å². The van der Waals surface area contributed by atoms with Crippen LogP contribution in [-0.4, -0.2) is 30.9 Å². The van der Waals surface area contributed by atoms with Gasteiger partial charge < -0.3 is 14.2 Å². The highest BCUT2D eigenvalue weighted by atomic mass is 16.7. The molecule has 0 N–H and O–H groups in total. The zero-order chi connectivity index (χ0) is 16.5. The largest absolute Gasteiger partial charge is 0.459 e. The molecule has 1 aliphatic rings. The Labute approximate surface area is 131 Å². The number of esters is 2. The van der Waals surface area contributed by atoms with Gasteiger partial charge in [-0.2, -0.15) is 0 Å². The van der Waals surface area contributed by atoms with Crippen molar-refractivity contribution >= 4 is 11.9 Å². The maximum atomic E-state index is 11.8. The quantitative estimate of drug-likeness (QED) is 0.799. The molecule has 0 amide bonds. The zero-order valence-electron chi connectivity index (χ0n) is 13.6. The van der Waals surface area contributed by atoms with Gasteiger partial charge in [0, 0.05) is 13.3 Å². The maximum absolute atomic E-state index is 11.8. The molecule has 5 nitrogen and oxygen atoms in total. The number of hydrogen-bond donors (Lipinski definition) is 0. The number of carbonyl (C=O) groups is 2. The van der Waals surface area contributed by atoms with Crippen LogP contribution in [0.3, 0.4) is 0 Å². The number of carbonyl (C=O) groups excluding carboxylic acids is 2. The summed E-state index contributed by atoms with van der Waals surface area (Å²) in [5.41, 5.74) is 1.61. The zero-order valence-corrected chi connectivity index (χ0v) is 13.6. The molecule has 5 heteroatoms. The number of aryl methyl sites for hydroxylation is 1. The molecule has 1 aromatic rings. The third kappa shape index (κ3) is 5.85. The first kappa shape index (κ1) is 18.2. The summed E-state index contributed by atoms with van der Waals surface area (Å²) in [5, 5.41) is 0. The fraction of sp³-hybridized carbons (Fsp3) is 0.529. The summed E-state index contributed by atoms with van der Waals surface area (Å²) in [5.74, 6) is -0.739. The van der Waals surface area contributed by atoms with Gasteiger partial charge in [-0.05, 0) is 25.5 Å². The lowest BCUT2D eigenvalue weighted by molar-refractivity contribution is -0.174. The molecular formula is C17H24O5. The van der Waals surface area contributed by atoms with Gasteiger partial charge in [0.2, 0.25) is 6.29 Å². The molecule has 2 unspecified atom stereocenters. The van der Waals surface area contributed by atoms with E-state index in [1.807, 2.05) is 32.9 Å². The van der Waals surface area contributed by atoms with Crippen LogP contribution in [0.1, 0.15) is 49.5 Å². The van der Waals surface area contributed by atoms with Crippen LogP contribution in [-0.2, 0) is 19.0 Å². The Balaban J connectivity index is 0.00000116. The minimum atomic E-state index is -0.518. The molecule has 0 saturated carbocycles. The molecule has 1 aromatic carbocycles. The molecule has 0 bridgehead atoms. The molecule has 2 atom stereocenters. The molecule has 1 aliphatic heterocycles. The SMILES string of the molecule is CC.CC(=O)OC1CCC(COC(=O)c2ccc(C)cc2)O1. The molecular weight excluding hydrogens is 284 g/mol. The second kappa shape index (κ2) is 9.20. The van der Waals surface area contributed by atoms with Gasteiger partial charge in [-0.25, -0.2) is 4.79 Å². The van der Waals surface area contributed by atoms with Crippen molar-refractivity contribution in [3.63, 3.8) is 0 Å². The Morgan fingerprint density at radius 3 is 2.41 bits per heavy atom. The van der Waals surface area contributed by atoms with E-state index in [-0.39, 0.29) is 24.6 Å². The molecule has 0 aliphatic carbocycles. The Bertz CT molecular complexity index is 480. The van der Waals surface area contributed by atoms with Crippen LogP contribution >= 0.6 is 0 Å². The van der Waals surface area contributed by atoms with Crippen LogP contribution in [0.15, 0.2) is 24.3 Å². The second-order valence-electron chi connectivity index (χ2n) is 4.84. The highest BCUT2D eigenvalue weighted by molar-refractivity contribution is 5.89. The van der Waals surface area contributed by atoms with Crippen LogP contribution in [0.25, 0.3) is 0 Å². The summed E-state index contributed by atoms with van der Waals surface area (Å²) < 4.78 is 15.6. The van der Waals surface area contributed by atoms with E-state index >= 15 is 0 Å². The van der Waals surface area contributed by atoms with Crippen molar-refractivity contribution in [3.05, 3.63) is 35.4 Å². The number of benzene rings is 1. The minimum Gasteiger partial charge on any atom is -0.459 e. The van der Waals surface area contributed by atoms with Gasteiger partial charge in [-0.15, -0.1) is 0 Å². The predicted molar refractivity (Wildman–Crippen MR) is 82.5 cm³/mol. The van der Waals surface area contributed by atoms with Crippen molar-refractivity contribution in [2.24, 2.45) is 0 Å². The van der Waals surface area contributed by atoms with Crippen molar-refractivity contribution in [2.75, 3.05) is 6.61 Å². The summed E-state index contributed by atoms with van der Waals surface area (Å²) in [6, 6.07) is 7.18. The van der Waals surface area contributed by atoms with Gasteiger partial charge in [0.15, 0.2) is 0 Å². The summed E-state index contributed by atoms with van der Waals surface area (Å²) in [7, 11) is 0.